The summed E-state index contributed by atoms with van der Waals surface area (Å²) in [4.78, 5) is 13.2. The van der Waals surface area contributed by atoms with E-state index in [4.69, 9.17) is 9.47 Å². The van der Waals surface area contributed by atoms with Crippen LogP contribution in [0.5, 0.6) is 0 Å². The molecule has 1 saturated heterocycles. The van der Waals surface area contributed by atoms with E-state index < -0.39 is 0 Å². The molecule has 0 aromatic heterocycles. The van der Waals surface area contributed by atoms with Crippen LogP contribution in [-0.4, -0.2) is 43.2 Å². The quantitative estimate of drug-likeness (QED) is 0.809. The zero-order valence-corrected chi connectivity index (χ0v) is 13.0. The summed E-state index contributed by atoms with van der Waals surface area (Å²) in [6.07, 6.45) is 2.04. The minimum atomic E-state index is -0.0120. The highest BCUT2D eigenvalue weighted by Gasteiger charge is 2.22. The lowest BCUT2D eigenvalue weighted by molar-refractivity contribution is -0.132. The number of rotatable bonds is 6. The van der Waals surface area contributed by atoms with Crippen molar-refractivity contribution in [2.75, 3.05) is 26.3 Å². The van der Waals surface area contributed by atoms with E-state index in [0.717, 1.165) is 31.5 Å². The molecule has 0 bridgehead atoms. The number of nitrogens with zero attached hydrogens (tertiary/aromatic N) is 1. The Balaban J connectivity index is 1.82. The maximum absolute atomic E-state index is 11.3. The van der Waals surface area contributed by atoms with E-state index in [2.05, 4.69) is 12.1 Å². The van der Waals surface area contributed by atoms with Crippen molar-refractivity contribution in [1.29, 1.82) is 0 Å². The van der Waals surface area contributed by atoms with Gasteiger partial charge in [0.15, 0.2) is 0 Å². The fourth-order valence-corrected chi connectivity index (χ4v) is 2.67. The zero-order chi connectivity index (χ0) is 15.1. The molecular formula is C17H25NO3. The standard InChI is InChI=1S/C17H25NO3/c1-3-20-17(15-7-5-4-6-8-15)13-21-16-9-11-18(12-10-16)14(2)19/h4-8,16-17H,3,9-13H2,1-2H3/t17-/m1/s1. The van der Waals surface area contributed by atoms with Crippen molar-refractivity contribution < 1.29 is 14.3 Å². The van der Waals surface area contributed by atoms with Gasteiger partial charge in [0.05, 0.1) is 12.7 Å². The second-order valence-electron chi connectivity index (χ2n) is 5.39. The van der Waals surface area contributed by atoms with Gasteiger partial charge >= 0.3 is 0 Å². The monoisotopic (exact) mass is 291 g/mol. The molecule has 1 aliphatic rings. The molecule has 1 aromatic rings. The van der Waals surface area contributed by atoms with Crippen LogP contribution in [0.3, 0.4) is 0 Å². The minimum Gasteiger partial charge on any atom is -0.375 e. The summed E-state index contributed by atoms with van der Waals surface area (Å²) >= 11 is 0. The van der Waals surface area contributed by atoms with Gasteiger partial charge in [0.1, 0.15) is 6.10 Å². The molecule has 4 heteroatoms. The molecule has 21 heavy (non-hydrogen) atoms. The van der Waals surface area contributed by atoms with Gasteiger partial charge in [0.25, 0.3) is 0 Å². The largest absolute Gasteiger partial charge is 0.375 e. The summed E-state index contributed by atoms with van der Waals surface area (Å²) < 4.78 is 11.8. The Bertz CT molecular complexity index is 427. The number of piperidine rings is 1. The Morgan fingerprint density at radius 2 is 1.95 bits per heavy atom. The van der Waals surface area contributed by atoms with E-state index in [1.807, 2.05) is 30.0 Å². The average molecular weight is 291 g/mol. The van der Waals surface area contributed by atoms with Crippen molar-refractivity contribution in [3.05, 3.63) is 35.9 Å². The number of amides is 1. The molecule has 0 spiro atoms. The number of hydrogen-bond donors (Lipinski definition) is 0. The van der Waals surface area contributed by atoms with E-state index in [9.17, 15) is 4.79 Å². The van der Waals surface area contributed by atoms with Gasteiger partial charge in [0, 0.05) is 26.6 Å². The lowest BCUT2D eigenvalue weighted by Gasteiger charge is -2.32. The van der Waals surface area contributed by atoms with Crippen molar-refractivity contribution in [2.45, 2.75) is 38.9 Å². The average Bonchev–Trinajstić information content (AvgIpc) is 2.52. The van der Waals surface area contributed by atoms with Crippen molar-refractivity contribution in [3.8, 4) is 0 Å². The smallest absolute Gasteiger partial charge is 0.219 e. The Hall–Kier alpha value is -1.39. The SMILES string of the molecule is CCO[C@H](COC1CCN(C(C)=O)CC1)c1ccccc1. The van der Waals surface area contributed by atoms with Crippen LogP contribution in [0.15, 0.2) is 30.3 Å². The zero-order valence-electron chi connectivity index (χ0n) is 13.0. The number of likely N-dealkylation sites (tertiary alicyclic amines) is 1. The molecule has 1 amide bonds. The third-order valence-corrected chi connectivity index (χ3v) is 3.91. The van der Waals surface area contributed by atoms with Crippen LogP contribution in [0.25, 0.3) is 0 Å². The van der Waals surface area contributed by atoms with Crippen LogP contribution in [0.1, 0.15) is 38.4 Å². The Morgan fingerprint density at radius 1 is 1.29 bits per heavy atom. The third kappa shape index (κ3) is 4.83. The summed E-state index contributed by atoms with van der Waals surface area (Å²) in [5.41, 5.74) is 1.15. The van der Waals surface area contributed by atoms with Crippen molar-refractivity contribution >= 4 is 5.91 Å². The van der Waals surface area contributed by atoms with E-state index in [1.165, 1.54) is 0 Å². The number of ether oxygens (including phenoxy) is 2. The molecule has 116 valence electrons. The molecule has 0 N–H and O–H groups in total. The Labute approximate surface area is 127 Å². The molecular weight excluding hydrogens is 266 g/mol. The summed E-state index contributed by atoms with van der Waals surface area (Å²) in [5, 5.41) is 0. The van der Waals surface area contributed by atoms with Crippen LogP contribution < -0.4 is 0 Å². The van der Waals surface area contributed by atoms with Crippen LogP contribution in [0, 0.1) is 0 Å². The van der Waals surface area contributed by atoms with Crippen LogP contribution >= 0.6 is 0 Å². The van der Waals surface area contributed by atoms with Gasteiger partial charge in [-0.3, -0.25) is 4.79 Å². The first kappa shape index (κ1) is 16.0. The minimum absolute atomic E-state index is 0.0120. The molecule has 2 rings (SSSR count). The molecule has 0 aliphatic carbocycles. The molecule has 0 unspecified atom stereocenters. The van der Waals surface area contributed by atoms with Gasteiger partial charge in [-0.05, 0) is 25.3 Å². The van der Waals surface area contributed by atoms with Gasteiger partial charge in [-0.2, -0.15) is 0 Å². The Kier molecular flexibility index (Phi) is 6.21. The lowest BCUT2D eigenvalue weighted by Crippen LogP contribution is -2.40. The van der Waals surface area contributed by atoms with Crippen molar-refractivity contribution in [2.24, 2.45) is 0 Å². The second kappa shape index (κ2) is 8.15. The molecule has 1 aliphatic heterocycles. The topological polar surface area (TPSA) is 38.8 Å². The summed E-state index contributed by atoms with van der Waals surface area (Å²) in [6.45, 7) is 6.46. The van der Waals surface area contributed by atoms with Crippen molar-refractivity contribution in [3.63, 3.8) is 0 Å². The van der Waals surface area contributed by atoms with E-state index in [0.29, 0.717) is 13.2 Å². The number of carbonyl (C=O) groups excluding carboxylic acids is 1. The number of benzene rings is 1. The van der Waals surface area contributed by atoms with Gasteiger partial charge < -0.3 is 14.4 Å². The summed E-state index contributed by atoms with van der Waals surface area (Å²) in [7, 11) is 0. The summed E-state index contributed by atoms with van der Waals surface area (Å²) in [6, 6.07) is 10.2. The third-order valence-electron chi connectivity index (χ3n) is 3.91. The first-order valence-corrected chi connectivity index (χ1v) is 7.74. The molecule has 0 saturated carbocycles. The normalized spacial score (nSPS) is 17.7. The van der Waals surface area contributed by atoms with Gasteiger partial charge in [-0.1, -0.05) is 30.3 Å². The van der Waals surface area contributed by atoms with Crippen molar-refractivity contribution in [1.82, 2.24) is 4.90 Å². The maximum Gasteiger partial charge on any atom is 0.219 e. The fraction of sp³-hybridized carbons (Fsp3) is 0.588. The fourth-order valence-electron chi connectivity index (χ4n) is 2.67. The van der Waals surface area contributed by atoms with E-state index in [1.54, 1.807) is 6.92 Å². The van der Waals surface area contributed by atoms with Crippen LogP contribution in [0.4, 0.5) is 0 Å². The predicted molar refractivity (Wildman–Crippen MR) is 82.0 cm³/mol. The van der Waals surface area contributed by atoms with Crippen LogP contribution in [0.2, 0.25) is 0 Å². The molecule has 4 nitrogen and oxygen atoms in total. The predicted octanol–water partition coefficient (Wildman–Crippen LogP) is 2.79. The molecule has 0 radical (unpaired) electrons. The number of hydrogen-bond acceptors (Lipinski definition) is 3. The highest BCUT2D eigenvalue weighted by Crippen LogP contribution is 2.21. The molecule has 1 heterocycles. The first-order chi connectivity index (χ1) is 10.2. The molecule has 1 aromatic carbocycles. The molecule has 1 fully saturated rings. The maximum atomic E-state index is 11.3. The highest BCUT2D eigenvalue weighted by atomic mass is 16.5. The van der Waals surface area contributed by atoms with Crippen LogP contribution in [-0.2, 0) is 14.3 Å². The second-order valence-corrected chi connectivity index (χ2v) is 5.39. The van der Waals surface area contributed by atoms with E-state index >= 15 is 0 Å². The van der Waals surface area contributed by atoms with Gasteiger partial charge in [0.2, 0.25) is 5.91 Å². The Morgan fingerprint density at radius 3 is 2.52 bits per heavy atom. The summed E-state index contributed by atoms with van der Waals surface area (Å²) in [5.74, 6) is 0.157. The molecule has 1 atom stereocenters. The van der Waals surface area contributed by atoms with Gasteiger partial charge in [-0.25, -0.2) is 0 Å². The van der Waals surface area contributed by atoms with E-state index in [-0.39, 0.29) is 18.1 Å². The van der Waals surface area contributed by atoms with Gasteiger partial charge in [-0.15, -0.1) is 0 Å². The number of carbonyl (C=O) groups is 1. The first-order valence-electron chi connectivity index (χ1n) is 7.74. The highest BCUT2D eigenvalue weighted by molar-refractivity contribution is 5.73. The lowest BCUT2D eigenvalue weighted by atomic mass is 10.1.